The molecular weight excluding hydrogens is 338 g/mol. The molecule has 0 unspecified atom stereocenters. The van der Waals surface area contributed by atoms with Crippen molar-refractivity contribution in [1.29, 1.82) is 0 Å². The van der Waals surface area contributed by atoms with Crippen LogP contribution >= 0.6 is 0 Å². The summed E-state index contributed by atoms with van der Waals surface area (Å²) < 4.78 is 32.2. The van der Waals surface area contributed by atoms with Gasteiger partial charge in [0.2, 0.25) is 0 Å². The topological polar surface area (TPSA) is 45.6 Å². The highest BCUT2D eigenvalue weighted by atomic mass is 19.2. The highest BCUT2D eigenvalue weighted by Gasteiger charge is 2.41. The lowest BCUT2D eigenvalue weighted by atomic mass is 10.0. The molecule has 138 valence electrons. The molecule has 0 spiro atoms. The van der Waals surface area contributed by atoms with Gasteiger partial charge in [0.15, 0.2) is 11.6 Å². The highest BCUT2D eigenvalue weighted by Crippen LogP contribution is 2.39. The van der Waals surface area contributed by atoms with Crippen LogP contribution in [-0.4, -0.2) is 40.7 Å². The van der Waals surface area contributed by atoms with E-state index in [1.54, 1.807) is 6.07 Å². The van der Waals surface area contributed by atoms with Crippen LogP contribution in [0.25, 0.3) is 0 Å². The number of hydrogen-bond acceptors (Lipinski definition) is 4. The van der Waals surface area contributed by atoms with E-state index in [1.165, 1.54) is 12.3 Å². The van der Waals surface area contributed by atoms with Gasteiger partial charge in [-0.3, -0.25) is 4.98 Å². The minimum absolute atomic E-state index is 0.0794. The van der Waals surface area contributed by atoms with Gasteiger partial charge in [0.1, 0.15) is 11.5 Å². The number of pyridine rings is 1. The van der Waals surface area contributed by atoms with Gasteiger partial charge in [0.05, 0.1) is 12.3 Å². The standard InChI is InChI=1S/C20H22F2N2O2/c21-19-4-3-17(9-20(19)22)26-18-7-13-11-24(12-14(13)8-18)6-5-15-1-2-16(25)10-23-15/h1-4,9-10,13-14,18,25H,5-8,11-12H2/t13-,14+,18-. The molecule has 1 aromatic carbocycles. The Balaban J connectivity index is 1.26. The van der Waals surface area contributed by atoms with Crippen molar-refractivity contribution < 1.29 is 18.6 Å². The van der Waals surface area contributed by atoms with Gasteiger partial charge in [-0.25, -0.2) is 8.78 Å². The third-order valence-electron chi connectivity index (χ3n) is 5.47. The lowest BCUT2D eigenvalue weighted by molar-refractivity contribution is 0.185. The van der Waals surface area contributed by atoms with Crippen LogP contribution in [0.1, 0.15) is 18.5 Å². The number of hydrogen-bond donors (Lipinski definition) is 1. The van der Waals surface area contributed by atoms with E-state index in [-0.39, 0.29) is 11.9 Å². The van der Waals surface area contributed by atoms with E-state index in [0.717, 1.165) is 56.7 Å². The Morgan fingerprint density at radius 2 is 1.85 bits per heavy atom. The van der Waals surface area contributed by atoms with Crippen LogP contribution < -0.4 is 4.74 Å². The molecule has 0 bridgehead atoms. The Bertz CT molecular complexity index is 755. The molecule has 1 saturated carbocycles. The molecule has 6 heteroatoms. The van der Waals surface area contributed by atoms with E-state index >= 15 is 0 Å². The first kappa shape index (κ1) is 17.2. The number of nitrogens with zero attached hydrogens (tertiary/aromatic N) is 2. The molecule has 26 heavy (non-hydrogen) atoms. The molecule has 2 fully saturated rings. The van der Waals surface area contributed by atoms with Crippen LogP contribution in [0.5, 0.6) is 11.5 Å². The van der Waals surface area contributed by atoms with Gasteiger partial charge in [-0.15, -0.1) is 0 Å². The fraction of sp³-hybridized carbons (Fsp3) is 0.450. The average molecular weight is 360 g/mol. The Hall–Kier alpha value is -2.21. The van der Waals surface area contributed by atoms with Gasteiger partial charge in [-0.05, 0) is 48.9 Å². The predicted octanol–water partition coefficient (Wildman–Crippen LogP) is 3.40. The van der Waals surface area contributed by atoms with Crippen LogP contribution in [0.15, 0.2) is 36.5 Å². The minimum Gasteiger partial charge on any atom is -0.506 e. The van der Waals surface area contributed by atoms with Gasteiger partial charge in [0, 0.05) is 37.8 Å². The zero-order chi connectivity index (χ0) is 18.1. The molecule has 4 nitrogen and oxygen atoms in total. The molecule has 1 aliphatic heterocycles. The molecule has 1 N–H and O–H groups in total. The second-order valence-corrected chi connectivity index (χ2v) is 7.32. The van der Waals surface area contributed by atoms with Crippen molar-refractivity contribution in [3.63, 3.8) is 0 Å². The molecule has 3 atom stereocenters. The van der Waals surface area contributed by atoms with Crippen molar-refractivity contribution in [2.45, 2.75) is 25.4 Å². The first-order valence-corrected chi connectivity index (χ1v) is 9.05. The molecule has 1 saturated heterocycles. The summed E-state index contributed by atoms with van der Waals surface area (Å²) in [6, 6.07) is 7.25. The van der Waals surface area contributed by atoms with Gasteiger partial charge in [0.25, 0.3) is 0 Å². The number of aromatic nitrogens is 1. The van der Waals surface area contributed by atoms with Gasteiger partial charge < -0.3 is 14.7 Å². The molecule has 2 aliphatic rings. The van der Waals surface area contributed by atoms with Crippen LogP contribution in [0.2, 0.25) is 0 Å². The first-order valence-electron chi connectivity index (χ1n) is 9.05. The smallest absolute Gasteiger partial charge is 0.162 e. The van der Waals surface area contributed by atoms with E-state index in [9.17, 15) is 13.9 Å². The third kappa shape index (κ3) is 3.80. The second kappa shape index (κ2) is 7.19. The fourth-order valence-electron chi connectivity index (χ4n) is 4.20. The molecule has 2 heterocycles. The number of ether oxygens (including phenoxy) is 1. The zero-order valence-corrected chi connectivity index (χ0v) is 14.4. The summed E-state index contributed by atoms with van der Waals surface area (Å²) in [5, 5.41) is 9.28. The van der Waals surface area contributed by atoms with Crippen molar-refractivity contribution in [1.82, 2.24) is 9.88 Å². The normalized spacial score (nSPS) is 25.4. The van der Waals surface area contributed by atoms with Gasteiger partial charge >= 0.3 is 0 Å². The van der Waals surface area contributed by atoms with Crippen LogP contribution in [0.4, 0.5) is 8.78 Å². The summed E-state index contributed by atoms with van der Waals surface area (Å²) in [6.45, 7) is 3.04. The van der Waals surface area contributed by atoms with Crippen molar-refractivity contribution in [3.8, 4) is 11.5 Å². The molecule has 2 aromatic rings. The lowest BCUT2D eigenvalue weighted by Crippen LogP contribution is -2.26. The molecule has 0 radical (unpaired) electrons. The van der Waals surface area contributed by atoms with Gasteiger partial charge in [-0.2, -0.15) is 0 Å². The third-order valence-corrected chi connectivity index (χ3v) is 5.47. The summed E-state index contributed by atoms with van der Waals surface area (Å²) in [4.78, 5) is 6.69. The first-order chi connectivity index (χ1) is 12.6. The maximum Gasteiger partial charge on any atom is 0.162 e. The van der Waals surface area contributed by atoms with Crippen molar-refractivity contribution in [3.05, 3.63) is 53.9 Å². The molecular formula is C20H22F2N2O2. The zero-order valence-electron chi connectivity index (χ0n) is 14.4. The van der Waals surface area contributed by atoms with Crippen molar-refractivity contribution in [2.24, 2.45) is 11.8 Å². The summed E-state index contributed by atoms with van der Waals surface area (Å²) in [7, 11) is 0. The van der Waals surface area contributed by atoms with Gasteiger partial charge in [-0.1, -0.05) is 0 Å². The van der Waals surface area contributed by atoms with E-state index < -0.39 is 11.6 Å². The Morgan fingerprint density at radius 1 is 1.08 bits per heavy atom. The molecule has 0 amide bonds. The Labute approximate surface area is 151 Å². The molecule has 4 rings (SSSR count). The number of halogens is 2. The summed E-state index contributed by atoms with van der Waals surface area (Å²) in [6.07, 6.45) is 4.34. The molecule has 1 aliphatic carbocycles. The van der Waals surface area contributed by atoms with Crippen molar-refractivity contribution in [2.75, 3.05) is 19.6 Å². The average Bonchev–Trinajstić information content (AvgIpc) is 3.16. The fourth-order valence-corrected chi connectivity index (χ4v) is 4.20. The number of aromatic hydroxyl groups is 1. The monoisotopic (exact) mass is 360 g/mol. The predicted molar refractivity (Wildman–Crippen MR) is 93.0 cm³/mol. The molecule has 1 aromatic heterocycles. The summed E-state index contributed by atoms with van der Waals surface area (Å²) >= 11 is 0. The summed E-state index contributed by atoms with van der Waals surface area (Å²) in [5.41, 5.74) is 0.986. The largest absolute Gasteiger partial charge is 0.506 e. The van der Waals surface area contributed by atoms with Crippen molar-refractivity contribution >= 4 is 0 Å². The van der Waals surface area contributed by atoms with E-state index in [2.05, 4.69) is 9.88 Å². The van der Waals surface area contributed by atoms with E-state index in [4.69, 9.17) is 4.74 Å². The highest BCUT2D eigenvalue weighted by molar-refractivity contribution is 5.24. The van der Waals surface area contributed by atoms with Crippen LogP contribution in [0, 0.1) is 23.5 Å². The van der Waals surface area contributed by atoms with Crippen LogP contribution in [0.3, 0.4) is 0 Å². The maximum absolute atomic E-state index is 13.3. The number of rotatable bonds is 5. The quantitative estimate of drug-likeness (QED) is 0.888. The van der Waals surface area contributed by atoms with E-state index in [1.807, 2.05) is 6.07 Å². The Morgan fingerprint density at radius 3 is 2.50 bits per heavy atom. The maximum atomic E-state index is 13.3. The van der Waals surface area contributed by atoms with Crippen LogP contribution in [-0.2, 0) is 6.42 Å². The number of likely N-dealkylation sites (tertiary alicyclic amines) is 1. The number of benzene rings is 1. The van der Waals surface area contributed by atoms with E-state index in [0.29, 0.717) is 17.6 Å². The Kier molecular flexibility index (Phi) is 4.76. The lowest BCUT2D eigenvalue weighted by Gasteiger charge is -2.19. The SMILES string of the molecule is Oc1ccc(CCN2C[C@H]3C[C@@H](Oc4ccc(F)c(F)c4)C[C@H]3C2)nc1. The summed E-state index contributed by atoms with van der Waals surface area (Å²) in [5.74, 6) is 0.0749. The number of fused-ring (bicyclic) bond motifs is 1. The second-order valence-electron chi connectivity index (χ2n) is 7.32. The minimum atomic E-state index is -0.866.